The second-order valence-corrected chi connectivity index (χ2v) is 6.99. The second-order valence-electron chi connectivity index (χ2n) is 6.99. The first-order chi connectivity index (χ1) is 14.0. The molecule has 2 aromatic heterocycles. The van der Waals surface area contributed by atoms with Crippen molar-refractivity contribution in [2.24, 2.45) is 14.1 Å². The number of nitrogens with one attached hydrogen (secondary N) is 1. The van der Waals surface area contributed by atoms with Crippen LogP contribution in [0.5, 0.6) is 0 Å². The summed E-state index contributed by atoms with van der Waals surface area (Å²) in [5.74, 6) is 0.577. The van der Waals surface area contributed by atoms with Crippen LogP contribution in [-0.2, 0) is 20.6 Å². The van der Waals surface area contributed by atoms with Crippen LogP contribution in [0.15, 0.2) is 64.2 Å². The van der Waals surface area contributed by atoms with Crippen LogP contribution in [-0.4, -0.2) is 25.2 Å². The molecule has 0 radical (unpaired) electrons. The predicted molar refractivity (Wildman–Crippen MR) is 115 cm³/mol. The Morgan fingerprint density at radius 2 is 1.55 bits per heavy atom. The van der Waals surface area contributed by atoms with Crippen molar-refractivity contribution in [2.45, 2.75) is 13.5 Å². The van der Waals surface area contributed by atoms with Gasteiger partial charge in [0.2, 0.25) is 5.95 Å². The maximum Gasteiger partial charge on any atom is 0.332 e. The van der Waals surface area contributed by atoms with Gasteiger partial charge in [0.05, 0.1) is 6.54 Å². The van der Waals surface area contributed by atoms with Gasteiger partial charge in [-0.25, -0.2) is 4.79 Å². The fourth-order valence-corrected chi connectivity index (χ4v) is 3.51. The summed E-state index contributed by atoms with van der Waals surface area (Å²) in [4.78, 5) is 29.6. The topological polar surface area (TPSA) is 73.8 Å². The van der Waals surface area contributed by atoms with Crippen molar-refractivity contribution in [1.82, 2.24) is 18.7 Å². The van der Waals surface area contributed by atoms with E-state index in [1.165, 1.54) is 11.6 Å². The summed E-state index contributed by atoms with van der Waals surface area (Å²) in [6.45, 7) is 3.10. The van der Waals surface area contributed by atoms with Crippen LogP contribution in [0, 0.1) is 0 Å². The molecule has 7 heteroatoms. The molecule has 0 saturated carbocycles. The van der Waals surface area contributed by atoms with Crippen LogP contribution < -0.4 is 16.6 Å². The molecule has 0 aliphatic heterocycles. The molecule has 0 aliphatic rings. The van der Waals surface area contributed by atoms with E-state index in [-0.39, 0.29) is 11.2 Å². The molecule has 0 atom stereocenters. The largest absolute Gasteiger partial charge is 0.356 e. The highest BCUT2D eigenvalue weighted by Crippen LogP contribution is 2.22. The van der Waals surface area contributed by atoms with Crippen molar-refractivity contribution in [2.75, 3.05) is 11.9 Å². The lowest BCUT2D eigenvalue weighted by molar-refractivity contribution is 0.702. The Bertz CT molecular complexity index is 1280. The van der Waals surface area contributed by atoms with E-state index < -0.39 is 0 Å². The number of anilines is 1. The summed E-state index contributed by atoms with van der Waals surface area (Å²) in [7, 11) is 3.12. The third-order valence-corrected chi connectivity index (χ3v) is 5.08. The van der Waals surface area contributed by atoms with Crippen LogP contribution in [0.1, 0.15) is 12.5 Å². The van der Waals surface area contributed by atoms with Gasteiger partial charge >= 0.3 is 5.69 Å². The lowest BCUT2D eigenvalue weighted by Gasteiger charge is -2.11. The normalized spacial score (nSPS) is 11.1. The van der Waals surface area contributed by atoms with E-state index in [2.05, 4.69) is 46.7 Å². The second kappa shape index (κ2) is 7.43. The lowest BCUT2D eigenvalue weighted by Crippen LogP contribution is -2.37. The third-order valence-electron chi connectivity index (χ3n) is 5.08. The van der Waals surface area contributed by atoms with E-state index in [4.69, 9.17) is 0 Å². The molecule has 0 fully saturated rings. The van der Waals surface area contributed by atoms with Gasteiger partial charge in [-0.1, -0.05) is 54.6 Å². The maximum absolute atomic E-state index is 12.8. The number of hydrogen-bond donors (Lipinski definition) is 1. The number of benzene rings is 2. The van der Waals surface area contributed by atoms with Crippen molar-refractivity contribution < 1.29 is 0 Å². The van der Waals surface area contributed by atoms with Crippen LogP contribution >= 0.6 is 0 Å². The number of nitrogens with zero attached hydrogens (tertiary/aromatic N) is 4. The van der Waals surface area contributed by atoms with Gasteiger partial charge in [-0.15, -0.1) is 0 Å². The molecule has 4 aromatic rings. The van der Waals surface area contributed by atoms with Gasteiger partial charge in [0, 0.05) is 20.6 Å². The zero-order valence-corrected chi connectivity index (χ0v) is 16.7. The van der Waals surface area contributed by atoms with E-state index in [9.17, 15) is 9.59 Å². The van der Waals surface area contributed by atoms with Crippen LogP contribution in [0.2, 0.25) is 0 Å². The molecular weight excluding hydrogens is 366 g/mol. The van der Waals surface area contributed by atoms with E-state index >= 15 is 0 Å². The maximum atomic E-state index is 12.8. The van der Waals surface area contributed by atoms with Gasteiger partial charge in [0.15, 0.2) is 11.2 Å². The monoisotopic (exact) mass is 389 g/mol. The third kappa shape index (κ3) is 3.24. The number of aryl methyl sites for hydroxylation is 1. The first kappa shape index (κ1) is 18.7. The highest BCUT2D eigenvalue weighted by molar-refractivity contribution is 5.74. The lowest BCUT2D eigenvalue weighted by atomic mass is 10.0. The Labute approximate surface area is 167 Å². The summed E-state index contributed by atoms with van der Waals surface area (Å²) >= 11 is 0. The van der Waals surface area contributed by atoms with Crippen molar-refractivity contribution in [3.05, 3.63) is 81.0 Å². The summed E-state index contributed by atoms with van der Waals surface area (Å²) < 4.78 is 4.37. The number of aromatic nitrogens is 4. The summed E-state index contributed by atoms with van der Waals surface area (Å²) in [5.41, 5.74) is 3.40. The molecule has 2 heterocycles. The Morgan fingerprint density at radius 1 is 0.897 bits per heavy atom. The summed E-state index contributed by atoms with van der Waals surface area (Å²) in [6.07, 6.45) is 0. The number of fused-ring (bicyclic) bond motifs is 1. The molecule has 148 valence electrons. The molecule has 0 unspecified atom stereocenters. The molecule has 0 amide bonds. The van der Waals surface area contributed by atoms with Gasteiger partial charge in [0.1, 0.15) is 0 Å². The molecule has 4 rings (SSSR count). The summed E-state index contributed by atoms with van der Waals surface area (Å²) in [6, 6.07) is 18.4. The van der Waals surface area contributed by atoms with Gasteiger partial charge in [-0.3, -0.25) is 18.5 Å². The van der Waals surface area contributed by atoms with Crippen molar-refractivity contribution in [1.29, 1.82) is 0 Å². The number of imidazole rings is 1. The quantitative estimate of drug-likeness (QED) is 0.569. The SMILES string of the molecule is CCNc1nc2c(c(=O)n(C)c(=O)n2C)n1Cc1ccc(-c2ccccc2)cc1. The van der Waals surface area contributed by atoms with Crippen LogP contribution in [0.25, 0.3) is 22.3 Å². The smallest absolute Gasteiger partial charge is 0.332 e. The van der Waals surface area contributed by atoms with E-state index in [0.717, 1.165) is 21.3 Å². The minimum absolute atomic E-state index is 0.347. The Kier molecular flexibility index (Phi) is 4.80. The first-order valence-corrected chi connectivity index (χ1v) is 9.55. The molecule has 2 aromatic carbocycles. The minimum atomic E-state index is -0.387. The highest BCUT2D eigenvalue weighted by Gasteiger charge is 2.19. The average molecular weight is 389 g/mol. The molecule has 0 spiro atoms. The zero-order chi connectivity index (χ0) is 20.5. The fourth-order valence-electron chi connectivity index (χ4n) is 3.51. The predicted octanol–water partition coefficient (Wildman–Crippen LogP) is 2.58. The van der Waals surface area contributed by atoms with Crippen molar-refractivity contribution >= 4 is 17.1 Å². The fraction of sp³-hybridized carbons (Fsp3) is 0.227. The average Bonchev–Trinajstić information content (AvgIpc) is 3.10. The zero-order valence-electron chi connectivity index (χ0n) is 16.7. The van der Waals surface area contributed by atoms with E-state index in [1.807, 2.05) is 29.7 Å². The van der Waals surface area contributed by atoms with Gasteiger partial charge in [-0.2, -0.15) is 4.98 Å². The van der Waals surface area contributed by atoms with Crippen LogP contribution in [0.3, 0.4) is 0 Å². The Morgan fingerprint density at radius 3 is 2.21 bits per heavy atom. The Balaban J connectivity index is 1.80. The highest BCUT2D eigenvalue weighted by atomic mass is 16.2. The summed E-state index contributed by atoms with van der Waals surface area (Å²) in [5, 5.41) is 3.20. The van der Waals surface area contributed by atoms with Gasteiger partial charge in [0.25, 0.3) is 5.56 Å². The molecule has 1 N–H and O–H groups in total. The Hall–Kier alpha value is -3.61. The number of rotatable bonds is 5. The molecule has 29 heavy (non-hydrogen) atoms. The van der Waals surface area contributed by atoms with E-state index in [1.54, 1.807) is 7.05 Å². The molecule has 0 saturated heterocycles. The molecule has 0 aliphatic carbocycles. The standard InChI is InChI=1S/C22H23N5O2/c1-4-23-21-24-19-18(20(28)26(3)22(29)25(19)2)27(21)14-15-10-12-17(13-11-15)16-8-6-5-7-9-16/h5-13H,4,14H2,1-3H3,(H,23,24). The molecule has 0 bridgehead atoms. The molecule has 7 nitrogen and oxygen atoms in total. The first-order valence-electron chi connectivity index (χ1n) is 9.55. The van der Waals surface area contributed by atoms with Crippen molar-refractivity contribution in [3.8, 4) is 11.1 Å². The molecular formula is C22H23N5O2. The van der Waals surface area contributed by atoms with Gasteiger partial charge in [-0.05, 0) is 23.6 Å². The van der Waals surface area contributed by atoms with Crippen LogP contribution in [0.4, 0.5) is 5.95 Å². The van der Waals surface area contributed by atoms with Crippen molar-refractivity contribution in [3.63, 3.8) is 0 Å². The number of hydrogen-bond acceptors (Lipinski definition) is 4. The minimum Gasteiger partial charge on any atom is -0.356 e. The van der Waals surface area contributed by atoms with Gasteiger partial charge < -0.3 is 5.32 Å². The van der Waals surface area contributed by atoms with E-state index in [0.29, 0.717) is 30.2 Å².